The largest absolute Gasteiger partial charge is 0.491 e. The van der Waals surface area contributed by atoms with Crippen molar-refractivity contribution in [2.24, 2.45) is 7.05 Å². The molecule has 23 heavy (non-hydrogen) atoms. The lowest BCUT2D eigenvalue weighted by molar-refractivity contribution is -0.138. The van der Waals surface area contributed by atoms with E-state index in [0.29, 0.717) is 10.2 Å². The summed E-state index contributed by atoms with van der Waals surface area (Å²) >= 11 is 3.14. The molecule has 0 aliphatic rings. The number of anilines is 1. The van der Waals surface area contributed by atoms with E-state index in [0.717, 1.165) is 10.7 Å². The standard InChI is InChI=1S/C14H13BrF3N3O2/c1-21-13(22)12(15)10(8-20-21)19-6-7-23-11-5-3-2-4-9(11)14(16,17)18/h2-5,8,19H,6-7H2,1H3. The summed E-state index contributed by atoms with van der Waals surface area (Å²) in [7, 11) is 1.51. The second kappa shape index (κ2) is 7.03. The Balaban J connectivity index is 1.97. The molecule has 0 spiro atoms. The Morgan fingerprint density at radius 2 is 2.04 bits per heavy atom. The number of nitrogens with zero attached hydrogens (tertiary/aromatic N) is 2. The Bertz CT molecular complexity index is 747. The summed E-state index contributed by atoms with van der Waals surface area (Å²) in [4.78, 5) is 11.7. The summed E-state index contributed by atoms with van der Waals surface area (Å²) < 4.78 is 45.1. The molecule has 0 unspecified atom stereocenters. The van der Waals surface area contributed by atoms with Gasteiger partial charge in [-0.2, -0.15) is 18.3 Å². The molecule has 1 heterocycles. The van der Waals surface area contributed by atoms with E-state index in [1.54, 1.807) is 0 Å². The van der Waals surface area contributed by atoms with Gasteiger partial charge < -0.3 is 10.1 Å². The van der Waals surface area contributed by atoms with Crippen molar-refractivity contribution in [2.75, 3.05) is 18.5 Å². The molecule has 0 aliphatic heterocycles. The van der Waals surface area contributed by atoms with Crippen LogP contribution in [0.4, 0.5) is 18.9 Å². The van der Waals surface area contributed by atoms with Crippen molar-refractivity contribution in [3.8, 4) is 5.75 Å². The number of hydrogen-bond acceptors (Lipinski definition) is 4. The first-order valence-corrected chi connectivity index (χ1v) is 7.34. The van der Waals surface area contributed by atoms with Crippen LogP contribution in [-0.2, 0) is 13.2 Å². The Kier molecular flexibility index (Phi) is 5.30. The third-order valence-corrected chi connectivity index (χ3v) is 3.71. The lowest BCUT2D eigenvalue weighted by Gasteiger charge is -2.14. The molecule has 2 rings (SSSR count). The maximum atomic E-state index is 12.8. The van der Waals surface area contributed by atoms with E-state index in [9.17, 15) is 18.0 Å². The predicted molar refractivity (Wildman–Crippen MR) is 82.6 cm³/mol. The molecule has 1 aromatic heterocycles. The molecule has 2 aromatic rings. The number of rotatable bonds is 5. The smallest absolute Gasteiger partial charge is 0.419 e. The van der Waals surface area contributed by atoms with Gasteiger partial charge in [0.05, 0.1) is 17.4 Å². The normalized spacial score (nSPS) is 11.3. The van der Waals surface area contributed by atoms with Crippen LogP contribution in [0.2, 0.25) is 0 Å². The maximum Gasteiger partial charge on any atom is 0.419 e. The van der Waals surface area contributed by atoms with E-state index in [-0.39, 0.29) is 24.5 Å². The van der Waals surface area contributed by atoms with Crippen LogP contribution in [0.5, 0.6) is 5.75 Å². The van der Waals surface area contributed by atoms with Crippen molar-refractivity contribution in [1.82, 2.24) is 9.78 Å². The van der Waals surface area contributed by atoms with Crippen LogP contribution < -0.4 is 15.6 Å². The number of hydrogen-bond donors (Lipinski definition) is 1. The average molecular weight is 392 g/mol. The van der Waals surface area contributed by atoms with Gasteiger partial charge >= 0.3 is 6.18 Å². The number of aryl methyl sites for hydroxylation is 1. The lowest BCUT2D eigenvalue weighted by atomic mass is 10.2. The van der Waals surface area contributed by atoms with Gasteiger partial charge in [0.15, 0.2) is 0 Å². The van der Waals surface area contributed by atoms with Gasteiger partial charge in [-0.1, -0.05) is 12.1 Å². The molecule has 5 nitrogen and oxygen atoms in total. The van der Waals surface area contributed by atoms with Crippen LogP contribution in [-0.4, -0.2) is 22.9 Å². The number of aromatic nitrogens is 2. The minimum absolute atomic E-state index is 0.00522. The third-order valence-electron chi connectivity index (χ3n) is 2.95. The van der Waals surface area contributed by atoms with E-state index in [1.807, 2.05) is 0 Å². The van der Waals surface area contributed by atoms with E-state index in [4.69, 9.17) is 4.74 Å². The Hall–Kier alpha value is -2.03. The van der Waals surface area contributed by atoms with E-state index in [2.05, 4.69) is 26.3 Å². The molecule has 124 valence electrons. The van der Waals surface area contributed by atoms with Crippen LogP contribution in [0.3, 0.4) is 0 Å². The van der Waals surface area contributed by atoms with Gasteiger partial charge in [0.2, 0.25) is 0 Å². The second-order valence-corrected chi connectivity index (χ2v) is 5.36. The van der Waals surface area contributed by atoms with E-state index < -0.39 is 11.7 Å². The number of benzene rings is 1. The van der Waals surface area contributed by atoms with Crippen molar-refractivity contribution in [3.63, 3.8) is 0 Å². The monoisotopic (exact) mass is 391 g/mol. The Morgan fingerprint density at radius 3 is 2.74 bits per heavy atom. The van der Waals surface area contributed by atoms with Crippen LogP contribution >= 0.6 is 15.9 Å². The second-order valence-electron chi connectivity index (χ2n) is 4.57. The Labute approximate surface area is 138 Å². The van der Waals surface area contributed by atoms with Gasteiger partial charge in [0.1, 0.15) is 16.8 Å². The zero-order chi connectivity index (χ0) is 17.0. The van der Waals surface area contributed by atoms with Gasteiger partial charge in [0.25, 0.3) is 5.56 Å². The third kappa shape index (κ3) is 4.25. The van der Waals surface area contributed by atoms with Crippen molar-refractivity contribution in [3.05, 3.63) is 50.9 Å². The summed E-state index contributed by atoms with van der Waals surface area (Å²) in [5.74, 6) is -0.233. The van der Waals surface area contributed by atoms with Gasteiger partial charge in [-0.05, 0) is 28.1 Å². The molecule has 0 aliphatic carbocycles. The van der Waals surface area contributed by atoms with Crippen LogP contribution in [0.25, 0.3) is 0 Å². The zero-order valence-corrected chi connectivity index (χ0v) is 13.6. The zero-order valence-electron chi connectivity index (χ0n) is 12.0. The number of para-hydroxylation sites is 1. The minimum Gasteiger partial charge on any atom is -0.491 e. The molecular formula is C14H13BrF3N3O2. The number of alkyl halides is 3. The summed E-state index contributed by atoms with van der Waals surface area (Å²) in [5, 5.41) is 6.73. The van der Waals surface area contributed by atoms with E-state index >= 15 is 0 Å². The Morgan fingerprint density at radius 1 is 1.35 bits per heavy atom. The number of ether oxygens (including phenoxy) is 1. The maximum absolute atomic E-state index is 12.8. The molecule has 1 N–H and O–H groups in total. The van der Waals surface area contributed by atoms with Crippen LogP contribution in [0.15, 0.2) is 39.7 Å². The van der Waals surface area contributed by atoms with Gasteiger partial charge in [-0.15, -0.1) is 0 Å². The molecule has 0 atom stereocenters. The SMILES string of the molecule is Cn1ncc(NCCOc2ccccc2C(F)(F)F)c(Br)c1=O. The van der Waals surface area contributed by atoms with Gasteiger partial charge in [-0.3, -0.25) is 4.79 Å². The number of nitrogens with one attached hydrogen (secondary N) is 1. The molecule has 0 radical (unpaired) electrons. The fourth-order valence-corrected chi connectivity index (χ4v) is 2.31. The molecular weight excluding hydrogens is 379 g/mol. The molecule has 0 fully saturated rings. The molecule has 0 amide bonds. The fourth-order valence-electron chi connectivity index (χ4n) is 1.81. The summed E-state index contributed by atoms with van der Waals surface area (Å²) in [5.41, 5.74) is -0.699. The highest BCUT2D eigenvalue weighted by molar-refractivity contribution is 9.10. The van der Waals surface area contributed by atoms with Crippen molar-refractivity contribution < 1.29 is 17.9 Å². The summed E-state index contributed by atoms with van der Waals surface area (Å²) in [6.45, 7) is 0.203. The lowest BCUT2D eigenvalue weighted by Crippen LogP contribution is -2.22. The first-order valence-electron chi connectivity index (χ1n) is 6.55. The average Bonchev–Trinajstić information content (AvgIpc) is 2.50. The predicted octanol–water partition coefficient (Wildman–Crippen LogP) is 3.05. The van der Waals surface area contributed by atoms with E-state index in [1.165, 1.54) is 31.4 Å². The molecule has 0 bridgehead atoms. The summed E-state index contributed by atoms with van der Waals surface area (Å²) in [6.07, 6.45) is -3.03. The molecule has 0 saturated carbocycles. The quantitative estimate of drug-likeness (QED) is 0.795. The molecule has 0 saturated heterocycles. The highest BCUT2D eigenvalue weighted by Gasteiger charge is 2.33. The summed E-state index contributed by atoms with van der Waals surface area (Å²) in [6, 6.07) is 5.00. The first kappa shape index (κ1) is 17.3. The highest BCUT2D eigenvalue weighted by Crippen LogP contribution is 2.35. The van der Waals surface area contributed by atoms with Crippen LogP contribution in [0.1, 0.15) is 5.56 Å². The molecule has 1 aromatic carbocycles. The fraction of sp³-hybridized carbons (Fsp3) is 0.286. The van der Waals surface area contributed by atoms with Crippen LogP contribution in [0, 0.1) is 0 Å². The topological polar surface area (TPSA) is 56.1 Å². The van der Waals surface area contributed by atoms with Crippen molar-refractivity contribution >= 4 is 21.6 Å². The number of halogens is 4. The molecule has 9 heteroatoms. The van der Waals surface area contributed by atoms with Crippen molar-refractivity contribution in [2.45, 2.75) is 6.18 Å². The highest BCUT2D eigenvalue weighted by atomic mass is 79.9. The first-order chi connectivity index (χ1) is 10.8. The van der Waals surface area contributed by atoms with Crippen molar-refractivity contribution in [1.29, 1.82) is 0 Å². The van der Waals surface area contributed by atoms with Gasteiger partial charge in [0, 0.05) is 13.6 Å². The van der Waals surface area contributed by atoms with Gasteiger partial charge in [-0.25, -0.2) is 4.68 Å². The minimum atomic E-state index is -4.47.